The number of rotatable bonds is 5. The van der Waals surface area contributed by atoms with Crippen LogP contribution in [0.4, 0.5) is 0 Å². The van der Waals surface area contributed by atoms with E-state index in [1.165, 1.54) is 11.8 Å². The number of ether oxygens (including phenoxy) is 2. The Morgan fingerprint density at radius 2 is 2.29 bits per heavy atom. The van der Waals surface area contributed by atoms with Crippen molar-refractivity contribution in [1.29, 1.82) is 0 Å². The molecule has 6 nitrogen and oxygen atoms in total. The number of amides is 1. The Balaban J connectivity index is 1.44. The highest BCUT2D eigenvalue weighted by Crippen LogP contribution is 2.22. The standard InChI is InChI=1S/C14H16N2O4S/c17-13(15-7-10-8-18-5-6-19-10)9-21-14-16-11-3-1-2-4-12(11)20-14/h1-4,10H,5-9H2,(H,15,17)/t10-/m1/s1. The molecule has 0 saturated carbocycles. The zero-order chi connectivity index (χ0) is 14.5. The first-order valence-corrected chi connectivity index (χ1v) is 7.74. The topological polar surface area (TPSA) is 73.6 Å². The number of nitrogens with one attached hydrogen (secondary N) is 1. The average Bonchev–Trinajstić information content (AvgIpc) is 2.95. The summed E-state index contributed by atoms with van der Waals surface area (Å²) in [5.41, 5.74) is 1.53. The lowest BCUT2D eigenvalue weighted by Crippen LogP contribution is -2.40. The largest absolute Gasteiger partial charge is 0.431 e. The zero-order valence-electron chi connectivity index (χ0n) is 11.4. The minimum absolute atomic E-state index is 0.0583. The molecule has 1 aromatic heterocycles. The average molecular weight is 308 g/mol. The van der Waals surface area contributed by atoms with Crippen LogP contribution in [0.1, 0.15) is 0 Å². The van der Waals surface area contributed by atoms with Crippen LogP contribution in [0.15, 0.2) is 33.9 Å². The molecule has 1 amide bonds. The second-order valence-corrected chi connectivity index (χ2v) is 5.53. The first kappa shape index (κ1) is 14.4. The van der Waals surface area contributed by atoms with E-state index in [1.54, 1.807) is 0 Å². The van der Waals surface area contributed by atoms with Crippen LogP contribution in [0.25, 0.3) is 11.1 Å². The van der Waals surface area contributed by atoms with Gasteiger partial charge in [0.15, 0.2) is 5.58 Å². The molecule has 1 aliphatic heterocycles. The number of hydrogen-bond acceptors (Lipinski definition) is 6. The molecule has 1 atom stereocenters. The van der Waals surface area contributed by atoms with Gasteiger partial charge in [-0.25, -0.2) is 4.98 Å². The lowest BCUT2D eigenvalue weighted by atomic mass is 10.3. The molecule has 0 aliphatic carbocycles. The van der Waals surface area contributed by atoms with E-state index in [-0.39, 0.29) is 17.8 Å². The van der Waals surface area contributed by atoms with Crippen molar-refractivity contribution in [3.8, 4) is 0 Å². The molecule has 2 heterocycles. The third kappa shape index (κ3) is 3.96. The molecule has 1 aliphatic rings. The van der Waals surface area contributed by atoms with Gasteiger partial charge in [-0.05, 0) is 12.1 Å². The summed E-state index contributed by atoms with van der Waals surface area (Å²) in [5, 5.41) is 3.33. The van der Waals surface area contributed by atoms with Crippen LogP contribution in [0.2, 0.25) is 0 Å². The molecule has 1 fully saturated rings. The highest BCUT2D eigenvalue weighted by molar-refractivity contribution is 7.99. The summed E-state index contributed by atoms with van der Waals surface area (Å²) in [6.07, 6.45) is -0.0583. The van der Waals surface area contributed by atoms with Gasteiger partial charge in [0.1, 0.15) is 5.52 Å². The predicted molar refractivity (Wildman–Crippen MR) is 78.3 cm³/mol. The molecule has 0 bridgehead atoms. The summed E-state index contributed by atoms with van der Waals surface area (Å²) >= 11 is 1.28. The van der Waals surface area contributed by atoms with Gasteiger partial charge in [0, 0.05) is 6.54 Å². The van der Waals surface area contributed by atoms with Crippen LogP contribution in [0, 0.1) is 0 Å². The third-order valence-corrected chi connectivity index (χ3v) is 3.84. The Morgan fingerprint density at radius 1 is 1.38 bits per heavy atom. The van der Waals surface area contributed by atoms with Crippen LogP contribution < -0.4 is 5.32 Å². The van der Waals surface area contributed by atoms with Crippen molar-refractivity contribution in [2.75, 3.05) is 32.1 Å². The van der Waals surface area contributed by atoms with Gasteiger partial charge in [0.05, 0.1) is 31.7 Å². The summed E-state index contributed by atoms with van der Waals surface area (Å²) in [5.74, 6) is 0.192. The van der Waals surface area contributed by atoms with Crippen molar-refractivity contribution in [2.45, 2.75) is 11.3 Å². The quantitative estimate of drug-likeness (QED) is 0.843. The number of para-hydroxylation sites is 2. The van der Waals surface area contributed by atoms with E-state index in [0.29, 0.717) is 31.6 Å². The lowest BCUT2D eigenvalue weighted by molar-refractivity contribution is -0.121. The number of carbonyl (C=O) groups is 1. The normalized spacial score (nSPS) is 18.8. The maximum absolute atomic E-state index is 11.8. The fourth-order valence-electron chi connectivity index (χ4n) is 1.97. The van der Waals surface area contributed by atoms with Gasteiger partial charge in [-0.1, -0.05) is 23.9 Å². The van der Waals surface area contributed by atoms with Crippen LogP contribution in [-0.4, -0.2) is 49.1 Å². The van der Waals surface area contributed by atoms with Crippen LogP contribution in [-0.2, 0) is 14.3 Å². The Bertz CT molecular complexity index is 577. The Morgan fingerprint density at radius 3 is 3.10 bits per heavy atom. The van der Waals surface area contributed by atoms with Crippen LogP contribution >= 0.6 is 11.8 Å². The number of fused-ring (bicyclic) bond motifs is 1. The Hall–Kier alpha value is -1.57. The van der Waals surface area contributed by atoms with Crippen LogP contribution in [0.5, 0.6) is 0 Å². The van der Waals surface area contributed by atoms with Gasteiger partial charge in [-0.2, -0.15) is 0 Å². The first-order chi connectivity index (χ1) is 10.3. The van der Waals surface area contributed by atoms with Gasteiger partial charge in [0.2, 0.25) is 5.91 Å². The summed E-state index contributed by atoms with van der Waals surface area (Å²) in [6.45, 7) is 2.20. The van der Waals surface area contributed by atoms with E-state index in [0.717, 1.165) is 11.1 Å². The smallest absolute Gasteiger partial charge is 0.257 e. The molecule has 0 unspecified atom stereocenters. The number of hydrogen-bond donors (Lipinski definition) is 1. The van der Waals surface area contributed by atoms with Gasteiger partial charge < -0.3 is 19.2 Å². The SMILES string of the molecule is O=C(CSc1nc2ccccc2o1)NC[C@@H]1COCCO1. The maximum Gasteiger partial charge on any atom is 0.257 e. The molecule has 0 spiro atoms. The van der Waals surface area contributed by atoms with Crippen molar-refractivity contribution in [2.24, 2.45) is 0 Å². The van der Waals surface area contributed by atoms with Crippen molar-refractivity contribution < 1.29 is 18.7 Å². The first-order valence-electron chi connectivity index (χ1n) is 6.76. The van der Waals surface area contributed by atoms with E-state index >= 15 is 0 Å². The van der Waals surface area contributed by atoms with E-state index in [9.17, 15) is 4.79 Å². The number of aromatic nitrogens is 1. The molecule has 0 radical (unpaired) electrons. The molecule has 1 aromatic carbocycles. The zero-order valence-corrected chi connectivity index (χ0v) is 12.2. The Kier molecular flexibility index (Phi) is 4.74. The lowest BCUT2D eigenvalue weighted by Gasteiger charge is -2.22. The molecular formula is C14H16N2O4S. The molecule has 21 heavy (non-hydrogen) atoms. The number of benzene rings is 1. The van der Waals surface area contributed by atoms with Crippen molar-refractivity contribution in [3.05, 3.63) is 24.3 Å². The van der Waals surface area contributed by atoms with E-state index in [2.05, 4.69) is 10.3 Å². The number of carbonyl (C=O) groups excluding carboxylic acids is 1. The molecular weight excluding hydrogens is 292 g/mol. The number of thioether (sulfide) groups is 1. The second kappa shape index (κ2) is 6.93. The highest BCUT2D eigenvalue weighted by atomic mass is 32.2. The summed E-state index contributed by atoms with van der Waals surface area (Å²) < 4.78 is 16.3. The molecule has 3 rings (SSSR count). The fraction of sp³-hybridized carbons (Fsp3) is 0.429. The molecule has 2 aromatic rings. The van der Waals surface area contributed by atoms with Crippen LogP contribution in [0.3, 0.4) is 0 Å². The fourth-order valence-corrected chi connectivity index (χ4v) is 2.64. The Labute approximate surface area is 126 Å². The summed E-state index contributed by atoms with van der Waals surface area (Å²) in [4.78, 5) is 16.1. The van der Waals surface area contributed by atoms with Crippen molar-refractivity contribution in [3.63, 3.8) is 0 Å². The molecule has 1 N–H and O–H groups in total. The molecule has 112 valence electrons. The molecule has 7 heteroatoms. The molecule has 1 saturated heterocycles. The van der Waals surface area contributed by atoms with Gasteiger partial charge in [0.25, 0.3) is 5.22 Å². The number of oxazole rings is 1. The maximum atomic E-state index is 11.8. The van der Waals surface area contributed by atoms with Gasteiger partial charge in [-0.15, -0.1) is 0 Å². The highest BCUT2D eigenvalue weighted by Gasteiger charge is 2.15. The van der Waals surface area contributed by atoms with Crippen molar-refractivity contribution in [1.82, 2.24) is 10.3 Å². The van der Waals surface area contributed by atoms with Crippen molar-refractivity contribution >= 4 is 28.8 Å². The summed E-state index contributed by atoms with van der Waals surface area (Å²) in [7, 11) is 0. The predicted octanol–water partition coefficient (Wildman–Crippen LogP) is 1.45. The van der Waals surface area contributed by atoms with E-state index in [1.807, 2.05) is 24.3 Å². The monoisotopic (exact) mass is 308 g/mol. The number of nitrogens with zero attached hydrogens (tertiary/aromatic N) is 1. The van der Waals surface area contributed by atoms with Gasteiger partial charge >= 0.3 is 0 Å². The minimum atomic E-state index is -0.0728. The third-order valence-electron chi connectivity index (χ3n) is 3.01. The van der Waals surface area contributed by atoms with E-state index in [4.69, 9.17) is 13.9 Å². The minimum Gasteiger partial charge on any atom is -0.431 e. The van der Waals surface area contributed by atoms with E-state index < -0.39 is 0 Å². The van der Waals surface area contributed by atoms with Gasteiger partial charge in [-0.3, -0.25) is 4.79 Å². The second-order valence-electron chi connectivity index (χ2n) is 4.61. The summed E-state index contributed by atoms with van der Waals surface area (Å²) in [6, 6.07) is 7.52.